The van der Waals surface area contributed by atoms with Crippen molar-refractivity contribution in [2.24, 2.45) is 17.8 Å². The molecule has 1 saturated heterocycles. The van der Waals surface area contributed by atoms with Gasteiger partial charge in [0.15, 0.2) is 0 Å². The largest absolute Gasteiger partial charge is 0.312 e. The van der Waals surface area contributed by atoms with Gasteiger partial charge in [0.25, 0.3) is 0 Å². The van der Waals surface area contributed by atoms with Gasteiger partial charge >= 0.3 is 0 Å². The molecule has 1 saturated carbocycles. The van der Waals surface area contributed by atoms with Crippen LogP contribution in [-0.4, -0.2) is 36.1 Å². The molecule has 1 N–H and O–H groups in total. The number of nitrogens with one attached hydrogen (secondary N) is 1. The third-order valence-corrected chi connectivity index (χ3v) is 5.58. The lowest BCUT2D eigenvalue weighted by Crippen LogP contribution is -2.58. The molecule has 0 amide bonds. The van der Waals surface area contributed by atoms with Gasteiger partial charge in [-0.3, -0.25) is 4.90 Å². The lowest BCUT2D eigenvalue weighted by molar-refractivity contribution is 0.0393. The van der Waals surface area contributed by atoms with E-state index in [2.05, 4.69) is 44.8 Å². The molecule has 0 bridgehead atoms. The Morgan fingerprint density at radius 1 is 1.20 bits per heavy atom. The average molecular weight is 280 g/mol. The zero-order chi connectivity index (χ0) is 14.7. The summed E-state index contributed by atoms with van der Waals surface area (Å²) in [6.07, 6.45) is 6.85. The summed E-state index contributed by atoms with van der Waals surface area (Å²) < 4.78 is 0. The Labute approximate surface area is 126 Å². The van der Waals surface area contributed by atoms with Crippen LogP contribution in [0.5, 0.6) is 0 Å². The molecule has 0 aromatic carbocycles. The molecule has 0 radical (unpaired) electrons. The Morgan fingerprint density at radius 3 is 2.60 bits per heavy atom. The summed E-state index contributed by atoms with van der Waals surface area (Å²) in [5, 5.41) is 3.88. The van der Waals surface area contributed by atoms with Crippen molar-refractivity contribution in [1.29, 1.82) is 0 Å². The maximum Gasteiger partial charge on any atom is 0.0278 e. The van der Waals surface area contributed by atoms with Crippen LogP contribution in [0.1, 0.15) is 66.7 Å². The van der Waals surface area contributed by atoms with Crippen LogP contribution in [0, 0.1) is 17.8 Å². The highest BCUT2D eigenvalue weighted by Gasteiger charge is 2.42. The van der Waals surface area contributed by atoms with E-state index < -0.39 is 0 Å². The molecule has 2 heteroatoms. The number of hydrogen-bond acceptors (Lipinski definition) is 2. The van der Waals surface area contributed by atoms with Crippen molar-refractivity contribution in [2.75, 3.05) is 13.1 Å². The predicted molar refractivity (Wildman–Crippen MR) is 88.0 cm³/mol. The number of nitrogens with zero attached hydrogens (tertiary/aromatic N) is 1. The van der Waals surface area contributed by atoms with Gasteiger partial charge in [-0.05, 0) is 62.9 Å². The highest BCUT2D eigenvalue weighted by atomic mass is 15.2. The normalized spacial score (nSPS) is 39.6. The quantitative estimate of drug-likeness (QED) is 0.821. The number of rotatable bonds is 5. The van der Waals surface area contributed by atoms with E-state index in [1.54, 1.807) is 0 Å². The standard InChI is InChI=1S/C18H36N2/c1-6-9-19-16-12-14(4)11-15(5)18(16)20-10-7-8-17(20)13(2)3/h13-19H,6-12H2,1-5H3. The van der Waals surface area contributed by atoms with E-state index in [0.29, 0.717) is 6.04 Å². The lowest BCUT2D eigenvalue weighted by Gasteiger charge is -2.47. The van der Waals surface area contributed by atoms with Crippen LogP contribution < -0.4 is 5.32 Å². The first-order valence-electron chi connectivity index (χ1n) is 9.03. The van der Waals surface area contributed by atoms with Crippen LogP contribution in [0.2, 0.25) is 0 Å². The summed E-state index contributed by atoms with van der Waals surface area (Å²) in [6, 6.07) is 2.31. The van der Waals surface area contributed by atoms with E-state index in [9.17, 15) is 0 Å². The van der Waals surface area contributed by atoms with Gasteiger partial charge in [-0.2, -0.15) is 0 Å². The maximum absolute atomic E-state index is 3.88. The third-order valence-electron chi connectivity index (χ3n) is 5.58. The molecule has 0 aromatic heterocycles. The number of hydrogen-bond donors (Lipinski definition) is 1. The summed E-state index contributed by atoms with van der Waals surface area (Å²) in [5.41, 5.74) is 0. The molecule has 2 nitrogen and oxygen atoms in total. The van der Waals surface area contributed by atoms with Crippen LogP contribution in [0.4, 0.5) is 0 Å². The molecule has 1 aliphatic heterocycles. The minimum atomic E-state index is 0.716. The Kier molecular flexibility index (Phi) is 5.92. The third kappa shape index (κ3) is 3.57. The van der Waals surface area contributed by atoms with Gasteiger partial charge in [-0.1, -0.05) is 34.6 Å². The van der Waals surface area contributed by atoms with Crippen molar-refractivity contribution in [3.63, 3.8) is 0 Å². The zero-order valence-corrected chi connectivity index (χ0v) is 14.4. The Bertz CT molecular complexity index is 289. The molecular weight excluding hydrogens is 244 g/mol. The van der Waals surface area contributed by atoms with Crippen LogP contribution in [-0.2, 0) is 0 Å². The average Bonchev–Trinajstić information content (AvgIpc) is 2.84. The first kappa shape index (κ1) is 16.3. The highest BCUT2D eigenvalue weighted by molar-refractivity contribution is 4.98. The molecule has 5 atom stereocenters. The molecule has 118 valence electrons. The van der Waals surface area contributed by atoms with E-state index in [0.717, 1.165) is 29.8 Å². The minimum Gasteiger partial charge on any atom is -0.312 e. The van der Waals surface area contributed by atoms with Gasteiger partial charge < -0.3 is 5.32 Å². The first-order valence-corrected chi connectivity index (χ1v) is 9.03. The second-order valence-electron chi connectivity index (χ2n) is 7.80. The molecule has 0 spiro atoms. The van der Waals surface area contributed by atoms with Gasteiger partial charge in [0.1, 0.15) is 0 Å². The summed E-state index contributed by atoms with van der Waals surface area (Å²) >= 11 is 0. The van der Waals surface area contributed by atoms with Gasteiger partial charge in [0.05, 0.1) is 0 Å². The van der Waals surface area contributed by atoms with Crippen molar-refractivity contribution in [1.82, 2.24) is 10.2 Å². The van der Waals surface area contributed by atoms with Crippen molar-refractivity contribution >= 4 is 0 Å². The van der Waals surface area contributed by atoms with E-state index in [1.807, 2.05) is 0 Å². The Balaban J connectivity index is 2.11. The molecule has 1 aliphatic carbocycles. The topological polar surface area (TPSA) is 15.3 Å². The van der Waals surface area contributed by atoms with Crippen LogP contribution >= 0.6 is 0 Å². The van der Waals surface area contributed by atoms with Gasteiger partial charge in [-0.15, -0.1) is 0 Å². The van der Waals surface area contributed by atoms with Crippen LogP contribution in [0.25, 0.3) is 0 Å². The summed E-state index contributed by atoms with van der Waals surface area (Å²) in [6.45, 7) is 14.6. The summed E-state index contributed by atoms with van der Waals surface area (Å²) in [5.74, 6) is 2.53. The fourth-order valence-corrected chi connectivity index (χ4v) is 4.83. The molecule has 0 aromatic rings. The second kappa shape index (κ2) is 7.26. The fraction of sp³-hybridized carbons (Fsp3) is 1.00. The molecule has 20 heavy (non-hydrogen) atoms. The predicted octanol–water partition coefficient (Wildman–Crippen LogP) is 3.91. The van der Waals surface area contributed by atoms with Crippen molar-refractivity contribution in [3.8, 4) is 0 Å². The summed E-state index contributed by atoms with van der Waals surface area (Å²) in [4.78, 5) is 2.88. The molecule has 1 heterocycles. The smallest absolute Gasteiger partial charge is 0.0278 e. The molecule has 2 aliphatic rings. The Hall–Kier alpha value is -0.0800. The van der Waals surface area contributed by atoms with Crippen LogP contribution in [0.15, 0.2) is 0 Å². The SMILES string of the molecule is CCCNC1CC(C)CC(C)C1N1CCCC1C(C)C. The molecule has 5 unspecified atom stereocenters. The van der Waals surface area contributed by atoms with Gasteiger partial charge in [-0.25, -0.2) is 0 Å². The number of likely N-dealkylation sites (tertiary alicyclic amines) is 1. The maximum atomic E-state index is 3.88. The molecular formula is C18H36N2. The van der Waals surface area contributed by atoms with E-state index in [1.165, 1.54) is 45.2 Å². The van der Waals surface area contributed by atoms with E-state index in [4.69, 9.17) is 0 Å². The van der Waals surface area contributed by atoms with Crippen molar-refractivity contribution in [2.45, 2.75) is 84.8 Å². The monoisotopic (exact) mass is 280 g/mol. The fourth-order valence-electron chi connectivity index (χ4n) is 4.83. The highest BCUT2D eigenvalue weighted by Crippen LogP contribution is 2.37. The molecule has 2 fully saturated rings. The van der Waals surface area contributed by atoms with Gasteiger partial charge in [0, 0.05) is 18.1 Å². The van der Waals surface area contributed by atoms with Crippen LogP contribution in [0.3, 0.4) is 0 Å². The van der Waals surface area contributed by atoms with E-state index in [-0.39, 0.29) is 0 Å². The second-order valence-corrected chi connectivity index (χ2v) is 7.80. The summed E-state index contributed by atoms with van der Waals surface area (Å²) in [7, 11) is 0. The zero-order valence-electron chi connectivity index (χ0n) is 14.4. The van der Waals surface area contributed by atoms with Crippen molar-refractivity contribution < 1.29 is 0 Å². The lowest BCUT2D eigenvalue weighted by atomic mass is 9.75. The van der Waals surface area contributed by atoms with Crippen molar-refractivity contribution in [3.05, 3.63) is 0 Å². The van der Waals surface area contributed by atoms with Gasteiger partial charge in [0.2, 0.25) is 0 Å². The van der Waals surface area contributed by atoms with E-state index >= 15 is 0 Å². The first-order chi connectivity index (χ1) is 9.54. The Morgan fingerprint density at radius 2 is 1.95 bits per heavy atom. The molecule has 2 rings (SSSR count). The minimum absolute atomic E-state index is 0.716.